The molecule has 0 aliphatic heterocycles. The molecule has 0 aromatic heterocycles. The molecule has 0 heterocycles. The van der Waals surface area contributed by atoms with E-state index in [9.17, 15) is 22.8 Å². The van der Waals surface area contributed by atoms with Gasteiger partial charge in [-0.15, -0.1) is 0 Å². The summed E-state index contributed by atoms with van der Waals surface area (Å²) in [7, 11) is 1.47. The van der Waals surface area contributed by atoms with Crippen LogP contribution in [0.15, 0.2) is 60.7 Å². The van der Waals surface area contributed by atoms with Crippen LogP contribution in [-0.4, -0.2) is 44.5 Å². The van der Waals surface area contributed by atoms with Crippen molar-refractivity contribution >= 4 is 22.7 Å². The second-order valence-corrected chi connectivity index (χ2v) is 9.12. The van der Waals surface area contributed by atoms with Gasteiger partial charge in [-0.2, -0.15) is 13.2 Å². The standard InChI is InChI=1S/C30H33F3O6/c1-3-4-6-18-37-25-14-11-21(12-15-25)28(34)38-26-16-13-22-19-24(10-9-23(22)20-26)29(35)39-27(30(31,32)33)8-5-7-17-36-2/h9-16,19-20,27H,3-8,17-18H2,1-2H3/t27-/m1/s1. The second-order valence-electron chi connectivity index (χ2n) is 9.12. The Morgan fingerprint density at radius 3 is 2.10 bits per heavy atom. The highest BCUT2D eigenvalue weighted by atomic mass is 19.4. The fourth-order valence-electron chi connectivity index (χ4n) is 3.87. The molecule has 9 heteroatoms. The number of carbonyl (C=O) groups excluding carboxylic acids is 2. The average Bonchev–Trinajstić information content (AvgIpc) is 2.92. The summed E-state index contributed by atoms with van der Waals surface area (Å²) >= 11 is 0. The van der Waals surface area contributed by atoms with Crippen molar-refractivity contribution in [3.63, 3.8) is 0 Å². The van der Waals surface area contributed by atoms with Crippen molar-refractivity contribution in [2.75, 3.05) is 20.3 Å². The van der Waals surface area contributed by atoms with Crippen LogP contribution < -0.4 is 9.47 Å². The summed E-state index contributed by atoms with van der Waals surface area (Å²) in [5.74, 6) is -0.638. The van der Waals surface area contributed by atoms with Crippen LogP contribution in [-0.2, 0) is 9.47 Å². The van der Waals surface area contributed by atoms with Gasteiger partial charge in [0.05, 0.1) is 17.7 Å². The summed E-state index contributed by atoms with van der Waals surface area (Å²) in [5.41, 5.74) is 0.353. The fourth-order valence-corrected chi connectivity index (χ4v) is 3.87. The van der Waals surface area contributed by atoms with Crippen molar-refractivity contribution in [3.05, 3.63) is 71.8 Å². The maximum absolute atomic E-state index is 13.4. The molecule has 0 fully saturated rings. The number of carbonyl (C=O) groups is 2. The molecule has 3 rings (SSSR count). The third-order valence-electron chi connectivity index (χ3n) is 6.04. The highest BCUT2D eigenvalue weighted by molar-refractivity contribution is 5.96. The lowest BCUT2D eigenvalue weighted by Gasteiger charge is -2.20. The summed E-state index contributed by atoms with van der Waals surface area (Å²) in [4.78, 5) is 25.1. The Hall–Kier alpha value is -3.59. The monoisotopic (exact) mass is 546 g/mol. The van der Waals surface area contributed by atoms with Gasteiger partial charge in [-0.1, -0.05) is 31.9 Å². The molecule has 210 valence electrons. The van der Waals surface area contributed by atoms with Crippen molar-refractivity contribution in [2.45, 2.75) is 57.7 Å². The lowest BCUT2D eigenvalue weighted by molar-refractivity contribution is -0.206. The molecule has 0 saturated heterocycles. The van der Waals surface area contributed by atoms with Gasteiger partial charge in [-0.25, -0.2) is 9.59 Å². The van der Waals surface area contributed by atoms with Crippen LogP contribution in [0.1, 0.15) is 66.2 Å². The predicted molar refractivity (Wildman–Crippen MR) is 141 cm³/mol. The summed E-state index contributed by atoms with van der Waals surface area (Å²) in [5, 5.41) is 1.22. The van der Waals surface area contributed by atoms with Gasteiger partial charge in [0.25, 0.3) is 0 Å². The first-order chi connectivity index (χ1) is 18.7. The lowest BCUT2D eigenvalue weighted by Crippen LogP contribution is -2.34. The molecule has 0 N–H and O–H groups in total. The normalized spacial score (nSPS) is 12.2. The van der Waals surface area contributed by atoms with Gasteiger partial charge in [-0.05, 0) is 85.0 Å². The Kier molecular flexibility index (Phi) is 11.2. The first-order valence-corrected chi connectivity index (χ1v) is 13.0. The molecule has 0 aliphatic carbocycles. The Labute approximate surface area is 226 Å². The van der Waals surface area contributed by atoms with Gasteiger partial charge in [0.2, 0.25) is 0 Å². The topological polar surface area (TPSA) is 71.1 Å². The molecule has 0 bridgehead atoms. The number of benzene rings is 3. The van der Waals surface area contributed by atoms with Crippen molar-refractivity contribution in [3.8, 4) is 11.5 Å². The van der Waals surface area contributed by atoms with Gasteiger partial charge < -0.3 is 18.9 Å². The third-order valence-corrected chi connectivity index (χ3v) is 6.04. The van der Waals surface area contributed by atoms with Crippen LogP contribution in [0.3, 0.4) is 0 Å². The van der Waals surface area contributed by atoms with Crippen molar-refractivity contribution in [1.82, 2.24) is 0 Å². The molecule has 0 unspecified atom stereocenters. The minimum Gasteiger partial charge on any atom is -0.494 e. The van der Waals surface area contributed by atoms with E-state index < -0.39 is 24.2 Å². The average molecular weight is 547 g/mol. The van der Waals surface area contributed by atoms with Crippen LogP contribution in [0.5, 0.6) is 11.5 Å². The van der Waals surface area contributed by atoms with E-state index in [-0.39, 0.29) is 24.2 Å². The van der Waals surface area contributed by atoms with Crippen LogP contribution in [0.4, 0.5) is 13.2 Å². The van der Waals surface area contributed by atoms with E-state index in [4.69, 9.17) is 18.9 Å². The van der Waals surface area contributed by atoms with E-state index >= 15 is 0 Å². The highest BCUT2D eigenvalue weighted by Crippen LogP contribution is 2.29. The van der Waals surface area contributed by atoms with E-state index in [1.165, 1.54) is 19.2 Å². The lowest BCUT2D eigenvalue weighted by atomic mass is 10.1. The maximum atomic E-state index is 13.4. The number of esters is 2. The molecule has 1 atom stereocenters. The minimum atomic E-state index is -4.67. The van der Waals surface area contributed by atoms with E-state index in [1.54, 1.807) is 48.5 Å². The van der Waals surface area contributed by atoms with E-state index in [2.05, 4.69) is 6.92 Å². The Morgan fingerprint density at radius 2 is 1.41 bits per heavy atom. The third kappa shape index (κ3) is 9.28. The summed E-state index contributed by atoms with van der Waals surface area (Å²) in [6.45, 7) is 3.07. The summed E-state index contributed by atoms with van der Waals surface area (Å²) in [6, 6.07) is 15.9. The van der Waals surface area contributed by atoms with Gasteiger partial charge >= 0.3 is 18.1 Å². The maximum Gasteiger partial charge on any atom is 0.425 e. The van der Waals surface area contributed by atoms with Crippen molar-refractivity contribution < 1.29 is 41.7 Å². The summed E-state index contributed by atoms with van der Waals surface area (Å²) in [6.07, 6.45) is -3.39. The Morgan fingerprint density at radius 1 is 0.769 bits per heavy atom. The molecule has 0 radical (unpaired) electrons. The zero-order valence-electron chi connectivity index (χ0n) is 22.1. The van der Waals surface area contributed by atoms with Gasteiger partial charge in [-0.3, -0.25) is 0 Å². The molecule has 0 amide bonds. The first-order valence-electron chi connectivity index (χ1n) is 13.0. The number of methoxy groups -OCH3 is 1. The first kappa shape index (κ1) is 30.0. The molecule has 6 nitrogen and oxygen atoms in total. The van der Waals surface area contributed by atoms with E-state index in [1.807, 2.05) is 0 Å². The minimum absolute atomic E-state index is 0.00427. The number of hydrogen-bond acceptors (Lipinski definition) is 6. The molecular formula is C30H33F3O6. The van der Waals surface area contributed by atoms with Crippen LogP contribution in [0.2, 0.25) is 0 Å². The molecule has 0 saturated carbocycles. The van der Waals surface area contributed by atoms with Crippen molar-refractivity contribution in [1.29, 1.82) is 0 Å². The second kappa shape index (κ2) is 14.5. The molecular weight excluding hydrogens is 513 g/mol. The number of rotatable bonds is 14. The number of hydrogen-bond donors (Lipinski definition) is 0. The number of unbranched alkanes of at least 4 members (excludes halogenated alkanes) is 3. The molecule has 3 aromatic carbocycles. The van der Waals surface area contributed by atoms with E-state index in [0.717, 1.165) is 19.3 Å². The Balaban J connectivity index is 1.62. The van der Waals surface area contributed by atoms with Crippen LogP contribution in [0, 0.1) is 0 Å². The molecule has 0 spiro atoms. The molecule has 39 heavy (non-hydrogen) atoms. The number of ether oxygens (including phenoxy) is 4. The van der Waals surface area contributed by atoms with E-state index in [0.29, 0.717) is 41.7 Å². The van der Waals surface area contributed by atoms with Gasteiger partial charge in [0.1, 0.15) is 11.5 Å². The number of halogens is 3. The summed E-state index contributed by atoms with van der Waals surface area (Å²) < 4.78 is 60.9. The zero-order chi connectivity index (χ0) is 28.3. The van der Waals surface area contributed by atoms with Crippen LogP contribution in [0.25, 0.3) is 10.8 Å². The van der Waals surface area contributed by atoms with Gasteiger partial charge in [0.15, 0.2) is 6.10 Å². The SMILES string of the molecule is CCCCCOc1ccc(C(=O)Oc2ccc3cc(C(=O)O[C@H](CCCCOC)C(F)(F)F)ccc3c2)cc1. The molecule has 3 aromatic rings. The number of alkyl halides is 3. The zero-order valence-corrected chi connectivity index (χ0v) is 22.1. The van der Waals surface area contributed by atoms with Crippen molar-refractivity contribution in [2.24, 2.45) is 0 Å². The Bertz CT molecular complexity index is 1220. The van der Waals surface area contributed by atoms with Gasteiger partial charge in [0, 0.05) is 13.7 Å². The quantitative estimate of drug-likeness (QED) is 0.118. The smallest absolute Gasteiger partial charge is 0.425 e. The van der Waals surface area contributed by atoms with Crippen LogP contribution >= 0.6 is 0 Å². The predicted octanol–water partition coefficient (Wildman–Crippen LogP) is 7.53. The number of fused-ring (bicyclic) bond motifs is 1. The molecule has 0 aliphatic rings. The largest absolute Gasteiger partial charge is 0.494 e. The highest BCUT2D eigenvalue weighted by Gasteiger charge is 2.42. The fraction of sp³-hybridized carbons (Fsp3) is 0.400.